The third-order valence-corrected chi connectivity index (χ3v) is 3.74. The molecule has 0 unspecified atom stereocenters. The average molecular weight is 276 g/mol. The fraction of sp³-hybridized carbons (Fsp3) is 0.533. The van der Waals surface area contributed by atoms with Crippen molar-refractivity contribution in [2.45, 2.75) is 13.5 Å². The molecule has 5 heteroatoms. The highest BCUT2D eigenvalue weighted by Crippen LogP contribution is 2.12. The van der Waals surface area contributed by atoms with Crippen LogP contribution >= 0.6 is 0 Å². The number of rotatable bonds is 5. The van der Waals surface area contributed by atoms with Crippen molar-refractivity contribution >= 4 is 11.6 Å². The summed E-state index contributed by atoms with van der Waals surface area (Å²) in [5.74, 6) is -0.159. The standard InChI is InChI=1S/C15H24N4O/c1-2-18-7-9-19(10-8-18)12-13-3-5-14(6-4-13)17-15(20)11-16/h3-6H,2,7-12,16H2,1H3,(H,17,20). The number of nitrogens with one attached hydrogen (secondary N) is 1. The lowest BCUT2D eigenvalue weighted by molar-refractivity contribution is -0.114. The number of piperazine rings is 1. The Morgan fingerprint density at radius 1 is 1.15 bits per heavy atom. The first-order valence-electron chi connectivity index (χ1n) is 7.25. The molecule has 110 valence electrons. The van der Waals surface area contributed by atoms with E-state index in [1.165, 1.54) is 5.56 Å². The van der Waals surface area contributed by atoms with Gasteiger partial charge in [-0.25, -0.2) is 0 Å². The maximum atomic E-state index is 11.2. The number of nitrogens with zero attached hydrogens (tertiary/aromatic N) is 2. The second kappa shape index (κ2) is 7.38. The van der Waals surface area contributed by atoms with E-state index in [2.05, 4.69) is 34.2 Å². The molecular formula is C15H24N4O. The first kappa shape index (κ1) is 15.0. The molecule has 0 aromatic heterocycles. The SMILES string of the molecule is CCN1CCN(Cc2ccc(NC(=O)CN)cc2)CC1. The van der Waals surface area contributed by atoms with Gasteiger partial charge in [-0.1, -0.05) is 19.1 Å². The van der Waals surface area contributed by atoms with Gasteiger partial charge in [0, 0.05) is 38.4 Å². The molecule has 0 bridgehead atoms. The van der Waals surface area contributed by atoms with Gasteiger partial charge in [0.2, 0.25) is 5.91 Å². The lowest BCUT2D eigenvalue weighted by Gasteiger charge is -2.34. The molecule has 0 radical (unpaired) electrons. The van der Waals surface area contributed by atoms with Crippen LogP contribution in [0, 0.1) is 0 Å². The number of carbonyl (C=O) groups is 1. The Morgan fingerprint density at radius 2 is 1.75 bits per heavy atom. The molecule has 0 atom stereocenters. The van der Waals surface area contributed by atoms with Crippen LogP contribution in [0.25, 0.3) is 0 Å². The molecule has 1 heterocycles. The number of carbonyl (C=O) groups excluding carboxylic acids is 1. The molecule has 2 rings (SSSR count). The van der Waals surface area contributed by atoms with Crippen molar-refractivity contribution in [2.24, 2.45) is 5.73 Å². The van der Waals surface area contributed by atoms with Gasteiger partial charge in [0.25, 0.3) is 0 Å². The van der Waals surface area contributed by atoms with E-state index < -0.39 is 0 Å². The van der Waals surface area contributed by atoms with Crippen LogP contribution in [0.15, 0.2) is 24.3 Å². The molecule has 1 saturated heterocycles. The van der Waals surface area contributed by atoms with E-state index >= 15 is 0 Å². The summed E-state index contributed by atoms with van der Waals surface area (Å²) >= 11 is 0. The van der Waals surface area contributed by atoms with Gasteiger partial charge in [-0.15, -0.1) is 0 Å². The molecule has 1 aromatic rings. The predicted molar refractivity (Wildman–Crippen MR) is 81.5 cm³/mol. The summed E-state index contributed by atoms with van der Waals surface area (Å²) in [5.41, 5.74) is 7.36. The van der Waals surface area contributed by atoms with E-state index in [0.717, 1.165) is 45.0 Å². The minimum atomic E-state index is -0.159. The Balaban J connectivity index is 1.83. The summed E-state index contributed by atoms with van der Waals surface area (Å²) in [6.45, 7) is 8.90. The minimum Gasteiger partial charge on any atom is -0.325 e. The molecule has 1 amide bonds. The number of benzene rings is 1. The normalized spacial score (nSPS) is 17.1. The van der Waals surface area contributed by atoms with E-state index in [0.29, 0.717) is 0 Å². The molecule has 5 nitrogen and oxygen atoms in total. The maximum absolute atomic E-state index is 11.2. The minimum absolute atomic E-state index is 0.0173. The van der Waals surface area contributed by atoms with Crippen molar-refractivity contribution in [1.29, 1.82) is 0 Å². The van der Waals surface area contributed by atoms with Crippen molar-refractivity contribution < 1.29 is 4.79 Å². The summed E-state index contributed by atoms with van der Waals surface area (Å²) in [5, 5.41) is 2.75. The van der Waals surface area contributed by atoms with Crippen LogP contribution in [0.1, 0.15) is 12.5 Å². The van der Waals surface area contributed by atoms with Crippen LogP contribution < -0.4 is 11.1 Å². The molecule has 0 aliphatic carbocycles. The highest BCUT2D eigenvalue weighted by atomic mass is 16.1. The van der Waals surface area contributed by atoms with Gasteiger partial charge in [-0.05, 0) is 24.2 Å². The Bertz CT molecular complexity index is 424. The zero-order valence-electron chi connectivity index (χ0n) is 12.1. The highest BCUT2D eigenvalue weighted by molar-refractivity contribution is 5.92. The number of amides is 1. The van der Waals surface area contributed by atoms with Gasteiger partial charge in [0.1, 0.15) is 0 Å². The molecule has 3 N–H and O–H groups in total. The van der Waals surface area contributed by atoms with Crippen LogP contribution in [-0.4, -0.2) is 55.0 Å². The van der Waals surface area contributed by atoms with Crippen LogP contribution in [0.5, 0.6) is 0 Å². The lowest BCUT2D eigenvalue weighted by atomic mass is 10.1. The van der Waals surface area contributed by atoms with Gasteiger partial charge < -0.3 is 16.0 Å². The summed E-state index contributed by atoms with van der Waals surface area (Å²) in [7, 11) is 0. The molecule has 1 aromatic carbocycles. The molecule has 1 aliphatic heterocycles. The van der Waals surface area contributed by atoms with E-state index in [4.69, 9.17) is 5.73 Å². The smallest absolute Gasteiger partial charge is 0.238 e. The number of likely N-dealkylation sites (N-methyl/N-ethyl adjacent to an activating group) is 1. The van der Waals surface area contributed by atoms with Crippen molar-refractivity contribution in [1.82, 2.24) is 9.80 Å². The lowest BCUT2D eigenvalue weighted by Crippen LogP contribution is -2.45. The van der Waals surface area contributed by atoms with Crippen LogP contribution in [0.2, 0.25) is 0 Å². The fourth-order valence-electron chi connectivity index (χ4n) is 2.43. The average Bonchev–Trinajstić information content (AvgIpc) is 2.50. The first-order valence-corrected chi connectivity index (χ1v) is 7.25. The van der Waals surface area contributed by atoms with E-state index in [1.807, 2.05) is 12.1 Å². The Kier molecular flexibility index (Phi) is 5.52. The summed E-state index contributed by atoms with van der Waals surface area (Å²) in [6, 6.07) is 8.01. The summed E-state index contributed by atoms with van der Waals surface area (Å²) in [6.07, 6.45) is 0. The quantitative estimate of drug-likeness (QED) is 0.832. The Labute approximate surface area is 120 Å². The second-order valence-corrected chi connectivity index (χ2v) is 5.16. The van der Waals surface area contributed by atoms with Crippen LogP contribution in [0.4, 0.5) is 5.69 Å². The third kappa shape index (κ3) is 4.30. The van der Waals surface area contributed by atoms with Gasteiger partial charge >= 0.3 is 0 Å². The second-order valence-electron chi connectivity index (χ2n) is 5.16. The van der Waals surface area contributed by atoms with Crippen molar-refractivity contribution in [3.63, 3.8) is 0 Å². The first-order chi connectivity index (χ1) is 9.71. The molecular weight excluding hydrogens is 252 g/mol. The summed E-state index contributed by atoms with van der Waals surface area (Å²) < 4.78 is 0. The van der Waals surface area contributed by atoms with E-state index in [1.54, 1.807) is 0 Å². The maximum Gasteiger partial charge on any atom is 0.238 e. The molecule has 1 fully saturated rings. The van der Waals surface area contributed by atoms with Crippen LogP contribution in [-0.2, 0) is 11.3 Å². The van der Waals surface area contributed by atoms with Crippen molar-refractivity contribution in [3.05, 3.63) is 29.8 Å². The van der Waals surface area contributed by atoms with Gasteiger partial charge in [-0.3, -0.25) is 9.69 Å². The molecule has 0 saturated carbocycles. The topological polar surface area (TPSA) is 61.6 Å². The zero-order chi connectivity index (χ0) is 14.4. The van der Waals surface area contributed by atoms with Gasteiger partial charge in [0.15, 0.2) is 0 Å². The van der Waals surface area contributed by atoms with Gasteiger partial charge in [-0.2, -0.15) is 0 Å². The number of hydrogen-bond donors (Lipinski definition) is 2. The zero-order valence-corrected chi connectivity index (χ0v) is 12.1. The van der Waals surface area contributed by atoms with Gasteiger partial charge in [0.05, 0.1) is 6.54 Å². The van der Waals surface area contributed by atoms with E-state index in [-0.39, 0.29) is 12.5 Å². The molecule has 0 spiro atoms. The van der Waals surface area contributed by atoms with E-state index in [9.17, 15) is 4.79 Å². The molecule has 1 aliphatic rings. The Hall–Kier alpha value is -1.43. The largest absolute Gasteiger partial charge is 0.325 e. The molecule has 20 heavy (non-hydrogen) atoms. The van der Waals surface area contributed by atoms with Crippen molar-refractivity contribution in [2.75, 3.05) is 44.6 Å². The van der Waals surface area contributed by atoms with Crippen LogP contribution in [0.3, 0.4) is 0 Å². The fourth-order valence-corrected chi connectivity index (χ4v) is 2.43. The Morgan fingerprint density at radius 3 is 2.30 bits per heavy atom. The number of nitrogens with two attached hydrogens (primary N) is 1. The van der Waals surface area contributed by atoms with Crippen molar-refractivity contribution in [3.8, 4) is 0 Å². The summed E-state index contributed by atoms with van der Waals surface area (Å²) in [4.78, 5) is 16.1. The number of anilines is 1. The monoisotopic (exact) mass is 276 g/mol. The third-order valence-electron chi connectivity index (χ3n) is 3.74. The number of hydrogen-bond acceptors (Lipinski definition) is 4. The highest BCUT2D eigenvalue weighted by Gasteiger charge is 2.15. The predicted octanol–water partition coefficient (Wildman–Crippen LogP) is 0.721.